The van der Waals surface area contributed by atoms with Gasteiger partial charge in [0, 0.05) is 5.56 Å². The summed E-state index contributed by atoms with van der Waals surface area (Å²) in [6, 6.07) is 2.26. The highest BCUT2D eigenvalue weighted by molar-refractivity contribution is 7.62. The van der Waals surface area contributed by atoms with E-state index in [1.807, 2.05) is 0 Å². The number of rotatable bonds is 6. The molecule has 0 aliphatic heterocycles. The van der Waals surface area contributed by atoms with E-state index in [0.29, 0.717) is 12.1 Å². The molecule has 11 heteroatoms. The van der Waals surface area contributed by atoms with Crippen molar-refractivity contribution < 1.29 is 45.1 Å². The highest BCUT2D eigenvalue weighted by Crippen LogP contribution is 2.51. The van der Waals surface area contributed by atoms with Gasteiger partial charge in [-0.25, -0.2) is 0 Å². The van der Waals surface area contributed by atoms with Crippen LogP contribution >= 0.6 is 7.60 Å². The molecule has 0 spiro atoms. The minimum Gasteiger partial charge on any atom is -0.369 e. The van der Waals surface area contributed by atoms with Crippen molar-refractivity contribution in [3.63, 3.8) is 0 Å². The second-order valence-corrected chi connectivity index (χ2v) is 6.61. The van der Waals surface area contributed by atoms with Gasteiger partial charge in [0.25, 0.3) is 5.60 Å². The number of hydrogen-bond acceptors (Lipinski definition) is 4. The Morgan fingerprint density at radius 2 is 1.29 bits per heavy atom. The summed E-state index contributed by atoms with van der Waals surface area (Å²) in [5, 5.41) is 9.05. The lowest BCUT2D eigenvalue weighted by molar-refractivity contribution is -0.376. The fourth-order valence-corrected chi connectivity index (χ4v) is 3.47. The predicted octanol–water partition coefficient (Wildman–Crippen LogP) is 3.89. The first-order valence-corrected chi connectivity index (χ1v) is 8.23. The molecule has 0 amide bonds. The number of aliphatic hydroxyl groups is 1. The summed E-state index contributed by atoms with van der Waals surface area (Å²) in [7, 11) is -3.87. The first kappa shape index (κ1) is 21.0. The van der Waals surface area contributed by atoms with Gasteiger partial charge in [-0.1, -0.05) is 12.1 Å². The minimum absolute atomic E-state index is 0.0476. The average Bonchev–Trinajstić information content (AvgIpc) is 2.44. The molecule has 1 rings (SSSR count). The van der Waals surface area contributed by atoms with Crippen molar-refractivity contribution in [2.24, 2.45) is 0 Å². The Morgan fingerprint density at radius 1 is 0.917 bits per heavy atom. The summed E-state index contributed by atoms with van der Waals surface area (Å²) in [4.78, 5) is 0. The fraction of sp³-hybridized carbons (Fsp3) is 0.538. The van der Waals surface area contributed by atoms with Gasteiger partial charge in [0.2, 0.25) is 0 Å². The van der Waals surface area contributed by atoms with Gasteiger partial charge < -0.3 is 14.2 Å². The summed E-state index contributed by atoms with van der Waals surface area (Å²) in [5.74, 6) is 0. The molecule has 0 radical (unpaired) electrons. The molecule has 1 N–H and O–H groups in total. The van der Waals surface area contributed by atoms with Crippen molar-refractivity contribution in [2.45, 2.75) is 31.8 Å². The van der Waals surface area contributed by atoms with Gasteiger partial charge in [-0.3, -0.25) is 4.57 Å². The number of alkyl halides is 6. The van der Waals surface area contributed by atoms with Crippen molar-refractivity contribution in [3.05, 3.63) is 29.8 Å². The lowest BCUT2D eigenvalue weighted by Gasteiger charge is -2.32. The molecule has 138 valence electrons. The van der Waals surface area contributed by atoms with E-state index >= 15 is 0 Å². The van der Waals surface area contributed by atoms with Gasteiger partial charge in [-0.15, -0.1) is 0 Å². The Hall–Kier alpha value is -1.09. The molecule has 1 aromatic carbocycles. The topological polar surface area (TPSA) is 55.8 Å². The second-order valence-electron chi connectivity index (χ2n) is 4.59. The minimum atomic E-state index is -5.99. The molecule has 4 nitrogen and oxygen atoms in total. The van der Waals surface area contributed by atoms with E-state index in [9.17, 15) is 36.0 Å². The third-order valence-electron chi connectivity index (χ3n) is 3.02. The van der Waals surface area contributed by atoms with Crippen molar-refractivity contribution in [1.82, 2.24) is 0 Å². The maximum absolute atomic E-state index is 12.8. The monoisotopic (exact) mass is 380 g/mol. The van der Waals surface area contributed by atoms with E-state index < -0.39 is 31.1 Å². The zero-order valence-corrected chi connectivity index (χ0v) is 13.5. The van der Waals surface area contributed by atoms with E-state index in [2.05, 4.69) is 0 Å². The Balaban J connectivity index is 3.38. The average molecular weight is 380 g/mol. The van der Waals surface area contributed by atoms with Crippen LogP contribution in [0.15, 0.2) is 24.3 Å². The Kier molecular flexibility index (Phi) is 6.14. The van der Waals surface area contributed by atoms with Crippen LogP contribution in [0, 0.1) is 0 Å². The van der Waals surface area contributed by atoms with Crippen molar-refractivity contribution >= 4 is 12.9 Å². The summed E-state index contributed by atoms with van der Waals surface area (Å²) in [6.07, 6.45) is -12.0. The van der Waals surface area contributed by atoms with Gasteiger partial charge >= 0.3 is 19.9 Å². The molecule has 0 saturated heterocycles. The predicted molar refractivity (Wildman–Crippen MR) is 72.9 cm³/mol. The lowest BCUT2D eigenvalue weighted by atomic mass is 9.92. The highest BCUT2D eigenvalue weighted by Gasteiger charge is 2.71. The summed E-state index contributed by atoms with van der Waals surface area (Å²) < 4.78 is 99.0. The van der Waals surface area contributed by atoms with Crippen LogP contribution in [0.1, 0.15) is 19.4 Å². The number of halogens is 6. The van der Waals surface area contributed by atoms with Crippen LogP contribution in [0.25, 0.3) is 0 Å². The maximum Gasteiger partial charge on any atom is 0.430 e. The summed E-state index contributed by atoms with van der Waals surface area (Å²) >= 11 is 0. The molecule has 0 fully saturated rings. The van der Waals surface area contributed by atoms with Gasteiger partial charge in [-0.05, 0) is 26.0 Å². The Labute approximate surface area is 133 Å². The van der Waals surface area contributed by atoms with Gasteiger partial charge in [0.15, 0.2) is 0 Å². The van der Waals surface area contributed by atoms with E-state index in [1.54, 1.807) is 0 Å². The standard InChI is InChI=1S/C13H15F6O4P/c1-3-22-24(21,23-4-2)10-7-5-9(6-8-10)11(20,12(14,15)16)13(17,18)19/h5-8,20H,3-4H2,1-2H3. The van der Waals surface area contributed by atoms with Gasteiger partial charge in [0.05, 0.1) is 18.5 Å². The van der Waals surface area contributed by atoms with E-state index in [1.165, 1.54) is 13.8 Å². The molecule has 0 saturated carbocycles. The van der Waals surface area contributed by atoms with Crippen LogP contribution < -0.4 is 5.30 Å². The largest absolute Gasteiger partial charge is 0.430 e. The van der Waals surface area contributed by atoms with Gasteiger partial charge in [0.1, 0.15) is 0 Å². The van der Waals surface area contributed by atoms with E-state index in [0.717, 1.165) is 12.1 Å². The third-order valence-corrected chi connectivity index (χ3v) is 5.15. The molecule has 0 aliphatic rings. The molecule has 24 heavy (non-hydrogen) atoms. The zero-order valence-electron chi connectivity index (χ0n) is 12.6. The van der Waals surface area contributed by atoms with Crippen LogP contribution in [0.4, 0.5) is 26.3 Å². The van der Waals surface area contributed by atoms with Crippen LogP contribution in [-0.2, 0) is 19.2 Å². The van der Waals surface area contributed by atoms with Crippen LogP contribution in [0.3, 0.4) is 0 Å². The van der Waals surface area contributed by atoms with Crippen molar-refractivity contribution in [2.75, 3.05) is 13.2 Å². The SMILES string of the molecule is CCOP(=O)(OCC)c1ccc(C(O)(C(F)(F)F)C(F)(F)F)cc1. The van der Waals surface area contributed by atoms with Crippen LogP contribution in [0.5, 0.6) is 0 Å². The van der Waals surface area contributed by atoms with Crippen molar-refractivity contribution in [3.8, 4) is 0 Å². The Morgan fingerprint density at radius 3 is 1.58 bits per heavy atom. The molecule has 1 aromatic rings. The molecular weight excluding hydrogens is 365 g/mol. The smallest absolute Gasteiger partial charge is 0.369 e. The molecule has 0 heterocycles. The summed E-state index contributed by atoms with van der Waals surface area (Å²) in [6.45, 7) is 2.89. The maximum atomic E-state index is 12.8. The number of hydrogen-bond donors (Lipinski definition) is 1. The second kappa shape index (κ2) is 7.03. The number of benzene rings is 1. The first-order chi connectivity index (χ1) is 10.8. The first-order valence-electron chi connectivity index (χ1n) is 6.69. The molecular formula is C13H15F6O4P. The fourth-order valence-electron chi connectivity index (χ4n) is 1.90. The Bertz CT molecular complexity index is 572. The molecule has 0 bridgehead atoms. The third kappa shape index (κ3) is 3.77. The molecule has 0 aliphatic carbocycles. The molecule has 0 atom stereocenters. The van der Waals surface area contributed by atoms with Crippen LogP contribution in [-0.4, -0.2) is 30.7 Å². The zero-order chi connectivity index (χ0) is 18.8. The highest BCUT2D eigenvalue weighted by atomic mass is 31.2. The lowest BCUT2D eigenvalue weighted by Crippen LogP contribution is -2.54. The normalized spacial score (nSPS) is 14.0. The van der Waals surface area contributed by atoms with E-state index in [4.69, 9.17) is 9.05 Å². The molecule has 0 aromatic heterocycles. The van der Waals surface area contributed by atoms with E-state index in [-0.39, 0.29) is 18.5 Å². The van der Waals surface area contributed by atoms with Crippen molar-refractivity contribution in [1.29, 1.82) is 0 Å². The molecule has 0 unspecified atom stereocenters. The van der Waals surface area contributed by atoms with Gasteiger partial charge in [-0.2, -0.15) is 26.3 Å². The summed E-state index contributed by atoms with van der Waals surface area (Å²) in [5.41, 5.74) is -6.49. The van der Waals surface area contributed by atoms with Crippen LogP contribution in [0.2, 0.25) is 0 Å². The quantitative estimate of drug-likeness (QED) is 0.601.